The molecule has 0 amide bonds. The third-order valence-corrected chi connectivity index (χ3v) is 3.61. The lowest BCUT2D eigenvalue weighted by molar-refractivity contribution is -0.137. The van der Waals surface area contributed by atoms with Crippen LogP contribution >= 0.6 is 0 Å². The molecule has 9 heteroatoms. The van der Waals surface area contributed by atoms with E-state index in [-0.39, 0.29) is 16.8 Å². The molecule has 2 heterocycles. The van der Waals surface area contributed by atoms with Crippen LogP contribution in [0.2, 0.25) is 0 Å². The Bertz CT molecular complexity index is 876. The Balaban J connectivity index is 1.80. The van der Waals surface area contributed by atoms with Crippen LogP contribution in [0.3, 0.4) is 0 Å². The van der Waals surface area contributed by atoms with Crippen LogP contribution in [0, 0.1) is 6.92 Å². The minimum absolute atomic E-state index is 0.219. The average molecular weight is 361 g/mol. The van der Waals surface area contributed by atoms with E-state index in [4.69, 9.17) is 0 Å². The third kappa shape index (κ3) is 3.88. The van der Waals surface area contributed by atoms with E-state index in [9.17, 15) is 18.3 Å². The van der Waals surface area contributed by atoms with Gasteiger partial charge in [0.05, 0.1) is 23.5 Å². The minimum Gasteiger partial charge on any atom is -0.507 e. The summed E-state index contributed by atoms with van der Waals surface area (Å²) in [6, 6.07) is 6.60. The van der Waals surface area contributed by atoms with Crippen LogP contribution in [0.5, 0.6) is 5.75 Å². The maximum Gasteiger partial charge on any atom is 0.416 e. The zero-order valence-electron chi connectivity index (χ0n) is 13.6. The molecule has 1 aromatic carbocycles. The van der Waals surface area contributed by atoms with Crippen molar-refractivity contribution in [2.75, 3.05) is 5.32 Å². The summed E-state index contributed by atoms with van der Waals surface area (Å²) < 4.78 is 38.4. The Morgan fingerprint density at radius 2 is 1.81 bits per heavy atom. The number of phenolic OH excluding ortho intramolecular Hbond substituents is 1. The lowest BCUT2D eigenvalue weighted by atomic mass is 10.0. The lowest BCUT2D eigenvalue weighted by Gasteiger charge is -2.13. The second kappa shape index (κ2) is 6.95. The van der Waals surface area contributed by atoms with Gasteiger partial charge in [-0.1, -0.05) is 0 Å². The highest BCUT2D eigenvalue weighted by Crippen LogP contribution is 2.38. The van der Waals surface area contributed by atoms with E-state index in [1.54, 1.807) is 30.6 Å². The zero-order chi connectivity index (χ0) is 18.7. The predicted molar refractivity (Wildman–Crippen MR) is 88.2 cm³/mol. The molecule has 0 radical (unpaired) electrons. The van der Waals surface area contributed by atoms with Gasteiger partial charge in [-0.05, 0) is 42.8 Å². The SMILES string of the molecule is Cc1cc(C(F)(F)F)cc(O)c1-c1ccc(CNc2ncccn2)nn1. The van der Waals surface area contributed by atoms with Crippen LogP contribution in [-0.4, -0.2) is 25.3 Å². The van der Waals surface area contributed by atoms with Crippen molar-refractivity contribution in [2.45, 2.75) is 19.6 Å². The highest BCUT2D eigenvalue weighted by Gasteiger charge is 2.32. The zero-order valence-corrected chi connectivity index (χ0v) is 13.6. The van der Waals surface area contributed by atoms with Gasteiger partial charge in [0, 0.05) is 18.0 Å². The number of benzene rings is 1. The highest BCUT2D eigenvalue weighted by molar-refractivity contribution is 5.71. The van der Waals surface area contributed by atoms with Gasteiger partial charge in [-0.15, -0.1) is 0 Å². The molecule has 0 spiro atoms. The van der Waals surface area contributed by atoms with Gasteiger partial charge < -0.3 is 10.4 Å². The molecule has 3 rings (SSSR count). The standard InChI is InChI=1S/C17H14F3N5O/c1-10-7-11(17(18,19)20)8-14(26)15(10)13-4-3-12(24-25-13)9-23-16-21-5-2-6-22-16/h2-8,26H,9H2,1H3,(H,21,22,23). The second-order valence-electron chi connectivity index (χ2n) is 5.52. The minimum atomic E-state index is -4.53. The Morgan fingerprint density at radius 1 is 1.08 bits per heavy atom. The Morgan fingerprint density at radius 3 is 2.38 bits per heavy atom. The molecule has 6 nitrogen and oxygen atoms in total. The first-order valence-electron chi connectivity index (χ1n) is 7.59. The fourth-order valence-electron chi connectivity index (χ4n) is 2.41. The summed E-state index contributed by atoms with van der Waals surface area (Å²) in [5, 5.41) is 21.0. The number of aromatic nitrogens is 4. The molecule has 0 aliphatic carbocycles. The molecule has 134 valence electrons. The van der Waals surface area contributed by atoms with Gasteiger partial charge in [-0.2, -0.15) is 23.4 Å². The van der Waals surface area contributed by atoms with E-state index in [2.05, 4.69) is 25.5 Å². The van der Waals surface area contributed by atoms with Crippen molar-refractivity contribution in [3.63, 3.8) is 0 Å². The first-order valence-corrected chi connectivity index (χ1v) is 7.59. The van der Waals surface area contributed by atoms with Gasteiger partial charge >= 0.3 is 6.18 Å². The first-order chi connectivity index (χ1) is 12.3. The van der Waals surface area contributed by atoms with Crippen molar-refractivity contribution >= 4 is 5.95 Å². The quantitative estimate of drug-likeness (QED) is 0.739. The number of halogens is 3. The van der Waals surface area contributed by atoms with Crippen molar-refractivity contribution in [1.29, 1.82) is 0 Å². The summed E-state index contributed by atoms with van der Waals surface area (Å²) in [5.74, 6) is -0.0511. The topological polar surface area (TPSA) is 83.8 Å². The Kier molecular flexibility index (Phi) is 4.70. The van der Waals surface area contributed by atoms with Gasteiger partial charge in [-0.3, -0.25) is 0 Å². The maximum atomic E-state index is 12.8. The summed E-state index contributed by atoms with van der Waals surface area (Å²) in [6.45, 7) is 1.81. The maximum absolute atomic E-state index is 12.8. The number of hydrogen-bond donors (Lipinski definition) is 2. The number of nitrogens with zero attached hydrogens (tertiary/aromatic N) is 4. The predicted octanol–water partition coefficient (Wildman–Crippen LogP) is 3.58. The number of alkyl halides is 3. The van der Waals surface area contributed by atoms with Gasteiger partial charge in [0.15, 0.2) is 0 Å². The summed E-state index contributed by atoms with van der Waals surface area (Å²) in [5.41, 5.74) is 0.443. The number of hydrogen-bond acceptors (Lipinski definition) is 6. The summed E-state index contributed by atoms with van der Waals surface area (Å²) >= 11 is 0. The van der Waals surface area contributed by atoms with Crippen molar-refractivity contribution < 1.29 is 18.3 Å². The molecular weight excluding hydrogens is 347 g/mol. The van der Waals surface area contributed by atoms with E-state index in [1.807, 2.05) is 0 Å². The molecule has 26 heavy (non-hydrogen) atoms. The van der Waals surface area contributed by atoms with Crippen molar-refractivity contribution in [3.05, 3.63) is 59.5 Å². The van der Waals surface area contributed by atoms with E-state index >= 15 is 0 Å². The molecule has 3 aromatic rings. The molecule has 2 N–H and O–H groups in total. The summed E-state index contributed by atoms with van der Waals surface area (Å²) in [4.78, 5) is 8.03. The molecule has 0 aliphatic rings. The number of nitrogens with one attached hydrogen (secondary N) is 1. The van der Waals surface area contributed by atoms with Gasteiger partial charge in [-0.25, -0.2) is 9.97 Å². The van der Waals surface area contributed by atoms with Gasteiger partial charge in [0.2, 0.25) is 5.95 Å². The average Bonchev–Trinajstić information content (AvgIpc) is 2.60. The fraction of sp³-hybridized carbons (Fsp3) is 0.176. The van der Waals surface area contributed by atoms with E-state index in [1.165, 1.54) is 6.92 Å². The molecule has 2 aromatic heterocycles. The molecule has 0 aliphatic heterocycles. The monoisotopic (exact) mass is 361 g/mol. The molecule has 0 bridgehead atoms. The molecule has 0 atom stereocenters. The van der Waals surface area contributed by atoms with Crippen molar-refractivity contribution in [3.8, 4) is 17.0 Å². The number of anilines is 1. The normalized spacial score (nSPS) is 11.4. The number of rotatable bonds is 4. The van der Waals surface area contributed by atoms with E-state index in [0.717, 1.165) is 6.07 Å². The van der Waals surface area contributed by atoms with Gasteiger partial charge in [0.1, 0.15) is 5.75 Å². The van der Waals surface area contributed by atoms with Crippen LogP contribution in [0.15, 0.2) is 42.7 Å². The number of aryl methyl sites for hydroxylation is 1. The van der Waals surface area contributed by atoms with Crippen LogP contribution in [0.4, 0.5) is 19.1 Å². The first kappa shape index (κ1) is 17.6. The second-order valence-corrected chi connectivity index (χ2v) is 5.52. The van der Waals surface area contributed by atoms with Gasteiger partial charge in [0.25, 0.3) is 0 Å². The molecule has 0 fully saturated rings. The van der Waals surface area contributed by atoms with E-state index < -0.39 is 17.5 Å². The Labute approximate surface area is 146 Å². The third-order valence-electron chi connectivity index (χ3n) is 3.61. The van der Waals surface area contributed by atoms with Crippen LogP contribution in [0.1, 0.15) is 16.8 Å². The summed E-state index contributed by atoms with van der Waals surface area (Å²) in [7, 11) is 0. The lowest BCUT2D eigenvalue weighted by Crippen LogP contribution is -2.07. The van der Waals surface area contributed by atoms with E-state index in [0.29, 0.717) is 24.3 Å². The molecule has 0 unspecified atom stereocenters. The fourth-order valence-corrected chi connectivity index (χ4v) is 2.41. The van der Waals surface area contributed by atoms with Crippen LogP contribution < -0.4 is 5.32 Å². The van der Waals surface area contributed by atoms with Crippen molar-refractivity contribution in [2.24, 2.45) is 0 Å². The largest absolute Gasteiger partial charge is 0.507 e. The number of aromatic hydroxyl groups is 1. The molecule has 0 saturated carbocycles. The van der Waals surface area contributed by atoms with Crippen LogP contribution in [0.25, 0.3) is 11.3 Å². The van der Waals surface area contributed by atoms with Crippen molar-refractivity contribution in [1.82, 2.24) is 20.2 Å². The molecule has 0 saturated heterocycles. The number of phenols is 1. The smallest absolute Gasteiger partial charge is 0.416 e. The Hall–Kier alpha value is -3.23. The highest BCUT2D eigenvalue weighted by atomic mass is 19.4. The summed E-state index contributed by atoms with van der Waals surface area (Å²) in [6.07, 6.45) is -1.33. The van der Waals surface area contributed by atoms with Crippen LogP contribution in [-0.2, 0) is 12.7 Å². The molecular formula is C17H14F3N5O.